The van der Waals surface area contributed by atoms with Gasteiger partial charge in [0.15, 0.2) is 0 Å². The van der Waals surface area contributed by atoms with E-state index in [1.54, 1.807) is 18.2 Å². The van der Waals surface area contributed by atoms with Crippen molar-refractivity contribution in [3.05, 3.63) is 95.6 Å². The zero-order chi connectivity index (χ0) is 20.4. The summed E-state index contributed by atoms with van der Waals surface area (Å²) < 4.78 is 5.41. The number of aliphatic carboxylic acids is 1. The van der Waals surface area contributed by atoms with E-state index in [0.29, 0.717) is 0 Å². The number of carboxylic acid groups (broad SMARTS) is 1. The van der Waals surface area contributed by atoms with Gasteiger partial charge in [-0.05, 0) is 22.3 Å². The van der Waals surface area contributed by atoms with E-state index in [9.17, 15) is 14.7 Å². The van der Waals surface area contributed by atoms with Crippen molar-refractivity contribution in [2.45, 2.75) is 11.6 Å². The van der Waals surface area contributed by atoms with Crippen molar-refractivity contribution in [3.63, 3.8) is 0 Å². The van der Waals surface area contributed by atoms with Gasteiger partial charge in [-0.1, -0.05) is 78.9 Å². The maximum absolute atomic E-state index is 12.4. The van der Waals surface area contributed by atoms with Crippen LogP contribution in [0, 0.1) is 0 Å². The fraction of sp³-hybridized carbons (Fsp3) is 0.130. The average molecular weight is 388 g/mol. The number of alkyl carbamates (subject to hydrolysis) is 1. The number of ether oxygens (including phenoxy) is 1. The van der Waals surface area contributed by atoms with E-state index < -0.39 is 17.7 Å². The Balaban J connectivity index is 1.52. The Kier molecular flexibility index (Phi) is 4.78. The molecule has 0 aliphatic heterocycles. The molecule has 3 aromatic rings. The standard InChI is InChI=1S/C23H20N2O4/c24-23(21(26)27,15-8-2-1-3-9-15)25-22(28)29-14-20-18-12-6-4-10-16(18)17-11-5-7-13-19(17)20/h1-13,20H,14,24H2,(H,25,28)(H,26,27)/t23-/m0/s1. The van der Waals surface area contributed by atoms with Gasteiger partial charge in [-0.2, -0.15) is 0 Å². The Morgan fingerprint density at radius 2 is 1.41 bits per heavy atom. The molecular weight excluding hydrogens is 368 g/mol. The second-order valence-electron chi connectivity index (χ2n) is 6.93. The predicted molar refractivity (Wildman–Crippen MR) is 108 cm³/mol. The summed E-state index contributed by atoms with van der Waals surface area (Å²) in [5.74, 6) is -1.50. The third-order valence-electron chi connectivity index (χ3n) is 5.21. The summed E-state index contributed by atoms with van der Waals surface area (Å²) in [6.45, 7) is 0.0738. The molecule has 3 aromatic carbocycles. The van der Waals surface area contributed by atoms with Crippen LogP contribution in [0.15, 0.2) is 78.9 Å². The minimum absolute atomic E-state index is 0.0738. The molecule has 29 heavy (non-hydrogen) atoms. The fourth-order valence-corrected chi connectivity index (χ4v) is 3.75. The minimum atomic E-state index is -2.08. The van der Waals surface area contributed by atoms with Gasteiger partial charge in [0.05, 0.1) is 0 Å². The van der Waals surface area contributed by atoms with Gasteiger partial charge in [-0.25, -0.2) is 9.59 Å². The molecule has 0 unspecified atom stereocenters. The molecular formula is C23H20N2O4. The molecule has 1 aliphatic rings. The molecule has 4 rings (SSSR count). The molecule has 0 saturated heterocycles. The van der Waals surface area contributed by atoms with Crippen molar-refractivity contribution in [1.82, 2.24) is 5.32 Å². The van der Waals surface area contributed by atoms with Crippen LogP contribution in [0.2, 0.25) is 0 Å². The number of nitrogens with one attached hydrogen (secondary N) is 1. The van der Waals surface area contributed by atoms with E-state index in [1.807, 2.05) is 48.5 Å². The van der Waals surface area contributed by atoms with Crippen molar-refractivity contribution in [3.8, 4) is 11.1 Å². The maximum atomic E-state index is 12.4. The smallest absolute Gasteiger partial charge is 0.409 e. The molecule has 0 radical (unpaired) electrons. The number of hydrogen-bond donors (Lipinski definition) is 3. The fourth-order valence-electron chi connectivity index (χ4n) is 3.75. The molecule has 0 aromatic heterocycles. The summed E-state index contributed by atoms with van der Waals surface area (Å²) in [4.78, 5) is 24.2. The topological polar surface area (TPSA) is 102 Å². The molecule has 6 heteroatoms. The highest BCUT2D eigenvalue weighted by Gasteiger charge is 2.39. The molecule has 6 nitrogen and oxygen atoms in total. The lowest BCUT2D eigenvalue weighted by molar-refractivity contribution is -0.145. The van der Waals surface area contributed by atoms with Crippen LogP contribution in [0.5, 0.6) is 0 Å². The average Bonchev–Trinajstić information content (AvgIpc) is 3.06. The van der Waals surface area contributed by atoms with Crippen LogP contribution in [-0.2, 0) is 15.2 Å². The summed E-state index contributed by atoms with van der Waals surface area (Å²) in [6.07, 6.45) is -0.888. The summed E-state index contributed by atoms with van der Waals surface area (Å²) >= 11 is 0. The molecule has 0 saturated carbocycles. The second kappa shape index (κ2) is 7.41. The first-order valence-corrected chi connectivity index (χ1v) is 9.21. The third-order valence-corrected chi connectivity index (χ3v) is 5.21. The van der Waals surface area contributed by atoms with Crippen LogP contribution >= 0.6 is 0 Å². The highest BCUT2D eigenvalue weighted by atomic mass is 16.5. The summed E-state index contributed by atoms with van der Waals surface area (Å²) in [5.41, 5.74) is 8.52. The second-order valence-corrected chi connectivity index (χ2v) is 6.93. The monoisotopic (exact) mass is 388 g/mol. The summed E-state index contributed by atoms with van der Waals surface area (Å²) in [6, 6.07) is 24.1. The van der Waals surface area contributed by atoms with Crippen LogP contribution in [0.4, 0.5) is 4.79 Å². The lowest BCUT2D eigenvalue weighted by atomic mass is 9.98. The Morgan fingerprint density at radius 1 is 0.897 bits per heavy atom. The number of fused-ring (bicyclic) bond motifs is 3. The molecule has 4 N–H and O–H groups in total. The molecule has 0 heterocycles. The molecule has 1 aliphatic carbocycles. The minimum Gasteiger partial charge on any atom is -0.478 e. The van der Waals surface area contributed by atoms with Crippen molar-refractivity contribution in [2.75, 3.05) is 6.61 Å². The van der Waals surface area contributed by atoms with Crippen LogP contribution in [-0.4, -0.2) is 23.8 Å². The normalized spacial score (nSPS) is 14.4. The number of carboxylic acids is 1. The van der Waals surface area contributed by atoms with E-state index in [0.717, 1.165) is 22.3 Å². The number of benzene rings is 3. The molecule has 0 spiro atoms. The van der Waals surface area contributed by atoms with Gasteiger partial charge in [0, 0.05) is 11.5 Å². The maximum Gasteiger partial charge on any atom is 0.409 e. The van der Waals surface area contributed by atoms with Gasteiger partial charge in [-0.3, -0.25) is 11.1 Å². The Morgan fingerprint density at radius 3 is 1.97 bits per heavy atom. The van der Waals surface area contributed by atoms with Crippen molar-refractivity contribution >= 4 is 12.1 Å². The van der Waals surface area contributed by atoms with Gasteiger partial charge >= 0.3 is 12.1 Å². The first-order chi connectivity index (χ1) is 14.0. The lowest BCUT2D eigenvalue weighted by Crippen LogP contribution is -2.58. The van der Waals surface area contributed by atoms with Gasteiger partial charge in [-0.15, -0.1) is 0 Å². The quantitative estimate of drug-likeness (QED) is 0.581. The van der Waals surface area contributed by atoms with Crippen molar-refractivity contribution in [1.29, 1.82) is 0 Å². The largest absolute Gasteiger partial charge is 0.478 e. The van der Waals surface area contributed by atoms with Gasteiger partial charge in [0.25, 0.3) is 0 Å². The van der Waals surface area contributed by atoms with E-state index in [1.165, 1.54) is 12.1 Å². The zero-order valence-electron chi connectivity index (χ0n) is 15.5. The van der Waals surface area contributed by atoms with Crippen LogP contribution in [0.3, 0.4) is 0 Å². The number of carbonyl (C=O) groups excluding carboxylic acids is 1. The van der Waals surface area contributed by atoms with E-state index in [2.05, 4.69) is 5.32 Å². The van der Waals surface area contributed by atoms with Gasteiger partial charge in [0.2, 0.25) is 5.66 Å². The molecule has 0 fully saturated rings. The van der Waals surface area contributed by atoms with E-state index >= 15 is 0 Å². The van der Waals surface area contributed by atoms with E-state index in [-0.39, 0.29) is 18.1 Å². The highest BCUT2D eigenvalue weighted by Crippen LogP contribution is 2.44. The zero-order valence-corrected chi connectivity index (χ0v) is 15.5. The molecule has 0 bridgehead atoms. The number of hydrogen-bond acceptors (Lipinski definition) is 4. The molecule has 1 atom stereocenters. The van der Waals surface area contributed by atoms with Crippen molar-refractivity contribution in [2.24, 2.45) is 5.73 Å². The van der Waals surface area contributed by atoms with E-state index in [4.69, 9.17) is 10.5 Å². The van der Waals surface area contributed by atoms with Crippen molar-refractivity contribution < 1.29 is 19.4 Å². The first-order valence-electron chi connectivity index (χ1n) is 9.21. The predicted octanol–water partition coefficient (Wildman–Crippen LogP) is 3.42. The lowest BCUT2D eigenvalue weighted by Gasteiger charge is -2.26. The van der Waals surface area contributed by atoms with Crippen LogP contribution in [0.25, 0.3) is 11.1 Å². The Labute approximate surface area is 167 Å². The Bertz CT molecular complexity index is 1020. The van der Waals surface area contributed by atoms with Gasteiger partial charge < -0.3 is 9.84 Å². The number of amides is 1. The van der Waals surface area contributed by atoms with Crippen LogP contribution < -0.4 is 11.1 Å². The highest BCUT2D eigenvalue weighted by molar-refractivity contribution is 5.85. The third kappa shape index (κ3) is 3.34. The van der Waals surface area contributed by atoms with Gasteiger partial charge in [0.1, 0.15) is 6.61 Å². The number of rotatable bonds is 5. The van der Waals surface area contributed by atoms with Crippen LogP contribution in [0.1, 0.15) is 22.6 Å². The summed E-state index contributed by atoms with van der Waals surface area (Å²) in [7, 11) is 0. The first kappa shape index (κ1) is 18.7. The molecule has 146 valence electrons. The SMILES string of the molecule is N[C@@](NC(=O)OCC1c2ccccc2-c2ccccc21)(C(=O)O)c1ccccc1. The summed E-state index contributed by atoms with van der Waals surface area (Å²) in [5, 5.41) is 11.9. The Hall–Kier alpha value is -3.64. The number of nitrogens with two attached hydrogens (primary N) is 1. The molecule has 1 amide bonds. The number of carbonyl (C=O) groups is 2.